The van der Waals surface area contributed by atoms with Crippen molar-refractivity contribution in [2.24, 2.45) is 0 Å². The van der Waals surface area contributed by atoms with E-state index in [1.54, 1.807) is 32.9 Å². The molecule has 0 bridgehead atoms. The van der Waals surface area contributed by atoms with E-state index >= 15 is 0 Å². The fourth-order valence-electron chi connectivity index (χ4n) is 1.76. The van der Waals surface area contributed by atoms with Crippen LogP contribution in [-0.4, -0.2) is 16.6 Å². The average molecular weight is 239 g/mol. The smallest absolute Gasteiger partial charge is 0.329 e. The molecule has 1 aromatic rings. The van der Waals surface area contributed by atoms with Gasteiger partial charge in [0.1, 0.15) is 11.4 Å². The second kappa shape index (κ2) is 5.17. The fraction of sp³-hybridized carbons (Fsp3) is 0.462. The molecule has 4 heteroatoms. The van der Waals surface area contributed by atoms with Gasteiger partial charge in [0.15, 0.2) is 0 Å². The number of halogens is 1. The number of benzene rings is 1. The van der Waals surface area contributed by atoms with Crippen LogP contribution in [0.5, 0.6) is 0 Å². The Hall–Kier alpha value is -1.58. The lowest BCUT2D eigenvalue weighted by Crippen LogP contribution is -2.45. The van der Waals surface area contributed by atoms with Crippen LogP contribution < -0.4 is 5.32 Å². The van der Waals surface area contributed by atoms with Crippen LogP contribution >= 0.6 is 0 Å². The Labute approximate surface area is 101 Å². The molecule has 0 spiro atoms. The summed E-state index contributed by atoms with van der Waals surface area (Å²) in [5, 5.41) is 12.1. The summed E-state index contributed by atoms with van der Waals surface area (Å²) in [4.78, 5) is 11.3. The minimum atomic E-state index is -1.10. The third-order valence-electron chi connectivity index (χ3n) is 3.12. The maximum Gasteiger partial charge on any atom is 0.329 e. The fourth-order valence-corrected chi connectivity index (χ4v) is 1.76. The van der Waals surface area contributed by atoms with Gasteiger partial charge in [-0.25, -0.2) is 9.18 Å². The number of carboxylic acid groups (broad SMARTS) is 1. The summed E-state index contributed by atoms with van der Waals surface area (Å²) in [6.45, 7) is 5.34. The molecular formula is C13H18FNO2. The Kier molecular flexibility index (Phi) is 4.10. The van der Waals surface area contributed by atoms with Gasteiger partial charge in [-0.05, 0) is 37.5 Å². The molecule has 0 fully saturated rings. The van der Waals surface area contributed by atoms with E-state index < -0.39 is 17.3 Å². The molecule has 0 aliphatic heterocycles. The maximum atomic E-state index is 13.7. The Morgan fingerprint density at radius 3 is 2.41 bits per heavy atom. The maximum absolute atomic E-state index is 13.7. The Bertz CT molecular complexity index is 414. The van der Waals surface area contributed by atoms with Crippen LogP contribution in [-0.2, 0) is 4.79 Å². The third-order valence-corrected chi connectivity index (χ3v) is 3.12. The van der Waals surface area contributed by atoms with Gasteiger partial charge < -0.3 is 10.4 Å². The Morgan fingerprint density at radius 1 is 1.41 bits per heavy atom. The van der Waals surface area contributed by atoms with Crippen molar-refractivity contribution < 1.29 is 14.3 Å². The van der Waals surface area contributed by atoms with Gasteiger partial charge in [-0.2, -0.15) is 0 Å². The van der Waals surface area contributed by atoms with Crippen LogP contribution in [0.25, 0.3) is 0 Å². The highest BCUT2D eigenvalue weighted by Gasteiger charge is 2.35. The van der Waals surface area contributed by atoms with E-state index in [0.29, 0.717) is 12.8 Å². The molecule has 17 heavy (non-hydrogen) atoms. The number of aliphatic carboxylic acids is 1. The molecule has 0 saturated heterocycles. The van der Waals surface area contributed by atoms with Gasteiger partial charge in [0.2, 0.25) is 0 Å². The molecule has 0 unspecified atom stereocenters. The summed E-state index contributed by atoms with van der Waals surface area (Å²) in [7, 11) is 0. The minimum Gasteiger partial charge on any atom is -0.480 e. The van der Waals surface area contributed by atoms with Crippen LogP contribution in [0.3, 0.4) is 0 Å². The quantitative estimate of drug-likeness (QED) is 0.829. The predicted octanol–water partition coefficient (Wildman–Crippen LogP) is 3.19. The van der Waals surface area contributed by atoms with E-state index in [9.17, 15) is 14.3 Å². The number of anilines is 1. The molecule has 0 radical (unpaired) electrons. The van der Waals surface area contributed by atoms with Crippen molar-refractivity contribution in [3.8, 4) is 0 Å². The molecule has 3 nitrogen and oxygen atoms in total. The number of carbonyl (C=O) groups is 1. The largest absolute Gasteiger partial charge is 0.480 e. The second-order valence-electron chi connectivity index (χ2n) is 4.20. The number of hydrogen-bond donors (Lipinski definition) is 2. The lowest BCUT2D eigenvalue weighted by Gasteiger charge is -2.29. The molecule has 1 rings (SSSR count). The first kappa shape index (κ1) is 13.5. The standard InChI is InChI=1S/C13H18FNO2/c1-4-13(5-2,12(16)17)15-11-7-6-9(3)8-10(11)14/h6-8,15H,4-5H2,1-3H3,(H,16,17). The summed E-state index contributed by atoms with van der Waals surface area (Å²) in [5.41, 5.74) is -0.0560. The topological polar surface area (TPSA) is 49.3 Å². The molecule has 0 heterocycles. The van der Waals surface area contributed by atoms with Gasteiger partial charge in [-0.3, -0.25) is 0 Å². The molecule has 2 N–H and O–H groups in total. The van der Waals surface area contributed by atoms with Gasteiger partial charge in [0.25, 0.3) is 0 Å². The monoisotopic (exact) mass is 239 g/mol. The highest BCUT2D eigenvalue weighted by atomic mass is 19.1. The number of nitrogens with one attached hydrogen (secondary N) is 1. The first-order valence-electron chi connectivity index (χ1n) is 5.73. The summed E-state index contributed by atoms with van der Waals surface area (Å²) in [6.07, 6.45) is 0.790. The summed E-state index contributed by atoms with van der Waals surface area (Å²) >= 11 is 0. The lowest BCUT2D eigenvalue weighted by molar-refractivity contribution is -0.142. The van der Waals surface area contributed by atoms with Crippen molar-refractivity contribution >= 4 is 11.7 Å². The van der Waals surface area contributed by atoms with Gasteiger partial charge >= 0.3 is 5.97 Å². The van der Waals surface area contributed by atoms with Crippen molar-refractivity contribution in [1.29, 1.82) is 0 Å². The zero-order valence-corrected chi connectivity index (χ0v) is 10.4. The third kappa shape index (κ3) is 2.75. The van der Waals surface area contributed by atoms with Crippen molar-refractivity contribution in [3.05, 3.63) is 29.6 Å². The van der Waals surface area contributed by atoms with Crippen LogP contribution in [0.4, 0.5) is 10.1 Å². The second-order valence-corrected chi connectivity index (χ2v) is 4.20. The number of aryl methyl sites for hydroxylation is 1. The molecule has 1 aromatic carbocycles. The van der Waals surface area contributed by atoms with Gasteiger partial charge in [0.05, 0.1) is 5.69 Å². The van der Waals surface area contributed by atoms with E-state index in [4.69, 9.17) is 0 Å². The number of hydrogen-bond acceptors (Lipinski definition) is 2. The van der Waals surface area contributed by atoms with Crippen LogP contribution in [0.15, 0.2) is 18.2 Å². The Morgan fingerprint density at radius 2 is 2.00 bits per heavy atom. The van der Waals surface area contributed by atoms with E-state index in [2.05, 4.69) is 5.32 Å². The van der Waals surface area contributed by atoms with Gasteiger partial charge in [0, 0.05) is 0 Å². The SMILES string of the molecule is CCC(CC)(Nc1ccc(C)cc1F)C(=O)O. The van der Waals surface area contributed by atoms with Crippen molar-refractivity contribution in [1.82, 2.24) is 0 Å². The minimum absolute atomic E-state index is 0.238. The first-order chi connectivity index (χ1) is 7.95. The van der Waals surface area contributed by atoms with Crippen molar-refractivity contribution in [3.63, 3.8) is 0 Å². The normalized spacial score (nSPS) is 11.3. The summed E-state index contributed by atoms with van der Waals surface area (Å²) < 4.78 is 13.7. The van der Waals surface area contributed by atoms with E-state index in [1.807, 2.05) is 0 Å². The molecule has 0 aromatic heterocycles. The highest BCUT2D eigenvalue weighted by Crippen LogP contribution is 2.25. The molecule has 0 aliphatic rings. The molecule has 0 atom stereocenters. The molecule has 0 amide bonds. The number of carboxylic acids is 1. The summed E-state index contributed by atoms with van der Waals surface area (Å²) in [6, 6.07) is 4.72. The van der Waals surface area contributed by atoms with E-state index in [1.165, 1.54) is 6.07 Å². The predicted molar refractivity (Wildman–Crippen MR) is 65.7 cm³/mol. The Balaban J connectivity index is 3.05. The lowest BCUT2D eigenvalue weighted by atomic mass is 9.92. The molecule has 0 aliphatic carbocycles. The molecule has 0 saturated carbocycles. The average Bonchev–Trinajstić information content (AvgIpc) is 2.28. The van der Waals surface area contributed by atoms with E-state index in [0.717, 1.165) is 5.56 Å². The first-order valence-corrected chi connectivity index (χ1v) is 5.73. The van der Waals surface area contributed by atoms with Crippen molar-refractivity contribution in [2.75, 3.05) is 5.32 Å². The number of rotatable bonds is 5. The van der Waals surface area contributed by atoms with Crippen molar-refractivity contribution in [2.45, 2.75) is 39.2 Å². The highest BCUT2D eigenvalue weighted by molar-refractivity contribution is 5.82. The van der Waals surface area contributed by atoms with Crippen LogP contribution in [0.1, 0.15) is 32.3 Å². The van der Waals surface area contributed by atoms with Crippen LogP contribution in [0.2, 0.25) is 0 Å². The zero-order valence-electron chi connectivity index (χ0n) is 10.4. The van der Waals surface area contributed by atoms with E-state index in [-0.39, 0.29) is 5.69 Å². The zero-order chi connectivity index (χ0) is 13.1. The van der Waals surface area contributed by atoms with Crippen LogP contribution in [0, 0.1) is 12.7 Å². The molecular weight excluding hydrogens is 221 g/mol. The molecule has 94 valence electrons. The van der Waals surface area contributed by atoms with Gasteiger partial charge in [-0.1, -0.05) is 19.9 Å². The van der Waals surface area contributed by atoms with Gasteiger partial charge in [-0.15, -0.1) is 0 Å². The summed E-state index contributed by atoms with van der Waals surface area (Å²) in [5.74, 6) is -1.37.